The molecule has 0 fully saturated rings. The number of hydrogen-bond acceptors (Lipinski definition) is 1. The van der Waals surface area contributed by atoms with Crippen LogP contribution < -0.4 is 0 Å². The number of halogens is 1. The maximum atomic E-state index is 11.1. The van der Waals surface area contributed by atoms with Crippen LogP contribution in [0.5, 0.6) is 0 Å². The van der Waals surface area contributed by atoms with E-state index in [0.717, 1.165) is 5.56 Å². The van der Waals surface area contributed by atoms with Gasteiger partial charge in [0.25, 0.3) is 0 Å². The van der Waals surface area contributed by atoms with Crippen molar-refractivity contribution in [2.75, 3.05) is 0 Å². The molecule has 1 rings (SSSR count). The summed E-state index contributed by atoms with van der Waals surface area (Å²) in [5.41, 5.74) is 2.81. The van der Waals surface area contributed by atoms with Crippen molar-refractivity contribution in [2.24, 2.45) is 0 Å². The maximum Gasteiger partial charge on any atom is 0.180 e. The molecule has 0 bridgehead atoms. The molecular formula is C14H15ClO. The van der Waals surface area contributed by atoms with Crippen LogP contribution in [0.15, 0.2) is 60.7 Å². The lowest BCUT2D eigenvalue weighted by Gasteiger charge is -1.91. The lowest BCUT2D eigenvalue weighted by molar-refractivity contribution is -0.111. The molecule has 0 heterocycles. The predicted molar refractivity (Wildman–Crippen MR) is 71.3 cm³/mol. The Morgan fingerprint density at radius 1 is 1.31 bits per heavy atom. The van der Waals surface area contributed by atoms with Gasteiger partial charge in [0.15, 0.2) is 5.78 Å². The third kappa shape index (κ3) is 6.80. The van der Waals surface area contributed by atoms with Gasteiger partial charge in [-0.25, -0.2) is 0 Å². The van der Waals surface area contributed by atoms with Gasteiger partial charge in [-0.1, -0.05) is 61.2 Å². The van der Waals surface area contributed by atoms with E-state index in [1.807, 2.05) is 30.3 Å². The summed E-state index contributed by atoms with van der Waals surface area (Å²) in [7, 11) is 0. The Morgan fingerprint density at radius 2 is 1.81 bits per heavy atom. The summed E-state index contributed by atoms with van der Waals surface area (Å²) in [6, 6.07) is 9.71. The highest BCUT2D eigenvalue weighted by molar-refractivity contribution is 6.25. The van der Waals surface area contributed by atoms with Crippen LogP contribution in [0.2, 0.25) is 0 Å². The van der Waals surface area contributed by atoms with E-state index in [0.29, 0.717) is 5.57 Å². The summed E-state index contributed by atoms with van der Waals surface area (Å²) in [4.78, 5) is 11.1. The van der Waals surface area contributed by atoms with Crippen molar-refractivity contribution in [2.45, 2.75) is 6.92 Å². The molecule has 1 nitrogen and oxygen atoms in total. The molecule has 1 aromatic carbocycles. The van der Waals surface area contributed by atoms with Gasteiger partial charge in [0.1, 0.15) is 0 Å². The van der Waals surface area contributed by atoms with Crippen LogP contribution in [0.4, 0.5) is 0 Å². The number of carbonyl (C=O) groups excluding carboxylic acids is 1. The average Bonchev–Trinajstić information content (AvgIpc) is 2.28. The summed E-state index contributed by atoms with van der Waals surface area (Å²) in [6.45, 7) is 8.40. The van der Waals surface area contributed by atoms with E-state index < -0.39 is 0 Å². The summed E-state index contributed by atoms with van der Waals surface area (Å²) in [5.74, 6) is -0.0242. The molecular weight excluding hydrogens is 220 g/mol. The number of rotatable bonds is 3. The zero-order valence-electron chi connectivity index (χ0n) is 9.32. The Kier molecular flexibility index (Phi) is 7.82. The molecule has 0 amide bonds. The summed E-state index contributed by atoms with van der Waals surface area (Å²) >= 11 is 4.76. The third-order valence-electron chi connectivity index (χ3n) is 1.65. The van der Waals surface area contributed by atoms with E-state index in [4.69, 9.17) is 11.6 Å². The van der Waals surface area contributed by atoms with Gasteiger partial charge >= 0.3 is 0 Å². The number of carbonyl (C=O) groups is 1. The molecule has 0 saturated carbocycles. The molecule has 0 aliphatic carbocycles. The lowest BCUT2D eigenvalue weighted by Crippen LogP contribution is -1.91. The van der Waals surface area contributed by atoms with E-state index in [1.165, 1.54) is 11.6 Å². The van der Waals surface area contributed by atoms with Crippen molar-refractivity contribution < 1.29 is 4.79 Å². The first-order chi connectivity index (χ1) is 7.61. The zero-order chi connectivity index (χ0) is 12.4. The molecule has 1 aromatic rings. The first-order valence-corrected chi connectivity index (χ1v) is 5.19. The fraction of sp³-hybridized carbons (Fsp3) is 0.0714. The van der Waals surface area contributed by atoms with Gasteiger partial charge < -0.3 is 0 Å². The summed E-state index contributed by atoms with van der Waals surface area (Å²) in [6.07, 6.45) is 3.33. The number of allylic oxidation sites excluding steroid dienone is 2. The highest BCUT2D eigenvalue weighted by Gasteiger charge is 1.94. The van der Waals surface area contributed by atoms with Gasteiger partial charge in [0.2, 0.25) is 0 Å². The third-order valence-corrected chi connectivity index (χ3v) is 1.65. The van der Waals surface area contributed by atoms with Gasteiger partial charge in [-0.2, -0.15) is 0 Å². The summed E-state index contributed by atoms with van der Waals surface area (Å²) in [5, 5.41) is 0. The smallest absolute Gasteiger partial charge is 0.180 e. The molecule has 84 valence electrons. The number of benzene rings is 1. The molecule has 0 radical (unpaired) electrons. The SMILES string of the molecule is C=C(C)C(=O)C=Cc1ccccc1.C=CCl. The van der Waals surface area contributed by atoms with E-state index in [1.54, 1.807) is 13.0 Å². The Hall–Kier alpha value is -1.60. The number of ketones is 1. The Bertz CT molecular complexity index is 377. The highest BCUT2D eigenvalue weighted by atomic mass is 35.5. The molecule has 16 heavy (non-hydrogen) atoms. The minimum atomic E-state index is -0.0242. The normalized spacial score (nSPS) is 9.12. The highest BCUT2D eigenvalue weighted by Crippen LogP contribution is 2.02. The molecule has 0 aromatic heterocycles. The van der Waals surface area contributed by atoms with E-state index in [9.17, 15) is 4.79 Å². The molecule has 0 unspecified atom stereocenters. The largest absolute Gasteiger partial charge is 0.290 e. The van der Waals surface area contributed by atoms with Crippen LogP contribution in [0.3, 0.4) is 0 Å². The molecule has 0 N–H and O–H groups in total. The molecule has 0 aliphatic heterocycles. The second kappa shape index (κ2) is 8.69. The Balaban J connectivity index is 0.000000673. The molecule has 0 spiro atoms. The topological polar surface area (TPSA) is 17.1 Å². The van der Waals surface area contributed by atoms with Crippen LogP contribution in [0.25, 0.3) is 6.08 Å². The first kappa shape index (κ1) is 14.4. The minimum absolute atomic E-state index is 0.0242. The fourth-order valence-electron chi connectivity index (χ4n) is 0.878. The van der Waals surface area contributed by atoms with E-state index in [-0.39, 0.29) is 5.78 Å². The second-order valence-corrected chi connectivity index (χ2v) is 3.35. The molecule has 0 atom stereocenters. The van der Waals surface area contributed by atoms with Crippen LogP contribution in [0.1, 0.15) is 12.5 Å². The number of hydrogen-bond donors (Lipinski definition) is 0. The summed E-state index contributed by atoms with van der Waals surface area (Å²) < 4.78 is 0. The van der Waals surface area contributed by atoms with E-state index >= 15 is 0 Å². The molecule has 0 aliphatic rings. The van der Waals surface area contributed by atoms with Crippen molar-refractivity contribution in [3.8, 4) is 0 Å². The Labute approximate surface area is 102 Å². The maximum absolute atomic E-state index is 11.1. The van der Waals surface area contributed by atoms with Crippen molar-refractivity contribution in [3.05, 3.63) is 66.2 Å². The van der Waals surface area contributed by atoms with Crippen molar-refractivity contribution in [1.82, 2.24) is 0 Å². The van der Waals surface area contributed by atoms with Crippen LogP contribution >= 0.6 is 11.6 Å². The molecule has 0 saturated heterocycles. The van der Waals surface area contributed by atoms with Gasteiger partial charge in [-0.05, 0) is 29.7 Å². The van der Waals surface area contributed by atoms with Gasteiger partial charge in [0.05, 0.1) is 0 Å². The minimum Gasteiger partial charge on any atom is -0.290 e. The van der Waals surface area contributed by atoms with Gasteiger partial charge in [-0.15, -0.1) is 0 Å². The van der Waals surface area contributed by atoms with Crippen molar-refractivity contribution >= 4 is 23.5 Å². The quantitative estimate of drug-likeness (QED) is 0.716. The van der Waals surface area contributed by atoms with E-state index in [2.05, 4.69) is 13.2 Å². The van der Waals surface area contributed by atoms with Crippen LogP contribution in [0, 0.1) is 0 Å². The van der Waals surface area contributed by atoms with Crippen LogP contribution in [-0.4, -0.2) is 5.78 Å². The van der Waals surface area contributed by atoms with Crippen molar-refractivity contribution in [1.29, 1.82) is 0 Å². The second-order valence-electron chi connectivity index (χ2n) is 3.04. The average molecular weight is 235 g/mol. The van der Waals surface area contributed by atoms with Crippen molar-refractivity contribution in [3.63, 3.8) is 0 Å². The zero-order valence-corrected chi connectivity index (χ0v) is 10.1. The fourth-order valence-corrected chi connectivity index (χ4v) is 0.878. The lowest BCUT2D eigenvalue weighted by atomic mass is 10.1. The monoisotopic (exact) mass is 234 g/mol. The molecule has 2 heteroatoms. The predicted octanol–water partition coefficient (Wildman–Crippen LogP) is 4.21. The van der Waals surface area contributed by atoms with Gasteiger partial charge in [0, 0.05) is 0 Å². The standard InChI is InChI=1S/C12H12O.C2H3Cl/c1-10(2)12(13)9-8-11-6-4-3-5-7-11;1-2-3/h3-9H,1H2,2H3;2H,1H2. The van der Waals surface area contributed by atoms with Gasteiger partial charge in [-0.3, -0.25) is 4.79 Å². The Morgan fingerprint density at radius 3 is 2.25 bits per heavy atom. The first-order valence-electron chi connectivity index (χ1n) is 4.76. The van der Waals surface area contributed by atoms with Crippen LogP contribution in [-0.2, 0) is 4.79 Å².